The maximum atomic E-state index is 13.5. The molecule has 198 valence electrons. The molecule has 0 aromatic heterocycles. The molecule has 0 radical (unpaired) electrons. The van der Waals surface area contributed by atoms with E-state index >= 15 is 0 Å². The third-order valence-corrected chi connectivity index (χ3v) is 7.40. The van der Waals surface area contributed by atoms with Gasteiger partial charge in [0.1, 0.15) is 4.99 Å². The smallest absolute Gasteiger partial charge is 0.249 e. The zero-order valence-electron chi connectivity index (χ0n) is 22.1. The van der Waals surface area contributed by atoms with Crippen LogP contribution in [0.1, 0.15) is 29.5 Å². The highest BCUT2D eigenvalue weighted by Crippen LogP contribution is 2.39. The van der Waals surface area contributed by atoms with Crippen LogP contribution in [0.2, 0.25) is 0 Å². The lowest BCUT2D eigenvalue weighted by Crippen LogP contribution is -2.50. The van der Waals surface area contributed by atoms with Gasteiger partial charge in [-0.25, -0.2) is 0 Å². The van der Waals surface area contributed by atoms with E-state index in [2.05, 4.69) is 4.90 Å². The first-order chi connectivity index (χ1) is 17.9. The second-order valence-corrected chi connectivity index (χ2v) is 9.31. The van der Waals surface area contributed by atoms with Gasteiger partial charge >= 0.3 is 0 Å². The van der Waals surface area contributed by atoms with Crippen molar-refractivity contribution in [3.05, 3.63) is 46.5 Å². The van der Waals surface area contributed by atoms with E-state index in [1.165, 1.54) is 5.56 Å². The Morgan fingerprint density at radius 1 is 0.730 bits per heavy atom. The molecule has 2 aromatic carbocycles. The van der Waals surface area contributed by atoms with Crippen molar-refractivity contribution in [1.29, 1.82) is 0 Å². The number of hydrogen-bond acceptors (Lipinski definition) is 7. The fourth-order valence-electron chi connectivity index (χ4n) is 4.89. The van der Waals surface area contributed by atoms with Crippen molar-refractivity contribution in [3.8, 4) is 28.7 Å². The number of methoxy groups -OCH3 is 5. The van der Waals surface area contributed by atoms with Crippen molar-refractivity contribution in [2.75, 3.05) is 61.7 Å². The number of carbonyl (C=O) groups excluding carboxylic acids is 1. The number of ether oxygens (including phenoxy) is 5. The third-order valence-electron chi connectivity index (χ3n) is 6.91. The molecule has 0 N–H and O–H groups in total. The fraction of sp³-hybridized carbons (Fsp3) is 0.429. The van der Waals surface area contributed by atoms with E-state index in [9.17, 15) is 4.79 Å². The number of nitrogens with zero attached hydrogens (tertiary/aromatic N) is 2. The van der Waals surface area contributed by atoms with Crippen molar-refractivity contribution >= 4 is 29.2 Å². The summed E-state index contributed by atoms with van der Waals surface area (Å²) in [5, 5.41) is 0. The fourth-order valence-corrected chi connectivity index (χ4v) is 5.19. The zero-order chi connectivity index (χ0) is 26.5. The molecule has 8 nitrogen and oxygen atoms in total. The Morgan fingerprint density at radius 3 is 1.86 bits per heavy atom. The number of carbonyl (C=O) groups is 1. The average molecular weight is 527 g/mol. The van der Waals surface area contributed by atoms with Gasteiger partial charge in [0, 0.05) is 37.3 Å². The Balaban J connectivity index is 1.47. The molecule has 0 saturated carbocycles. The largest absolute Gasteiger partial charge is 0.493 e. The Morgan fingerprint density at radius 2 is 1.30 bits per heavy atom. The minimum absolute atomic E-state index is 0.0842. The Kier molecular flexibility index (Phi) is 8.43. The molecule has 0 unspecified atom stereocenters. The van der Waals surface area contributed by atoms with Crippen LogP contribution in [0.3, 0.4) is 0 Å². The van der Waals surface area contributed by atoms with E-state index < -0.39 is 0 Å². The summed E-state index contributed by atoms with van der Waals surface area (Å²) in [7, 11) is 8.00. The molecule has 37 heavy (non-hydrogen) atoms. The van der Waals surface area contributed by atoms with Gasteiger partial charge in [0.2, 0.25) is 11.7 Å². The van der Waals surface area contributed by atoms with Gasteiger partial charge in [0.05, 0.1) is 35.5 Å². The summed E-state index contributed by atoms with van der Waals surface area (Å²) in [5.74, 6) is 3.11. The van der Waals surface area contributed by atoms with Crippen molar-refractivity contribution in [1.82, 2.24) is 9.80 Å². The van der Waals surface area contributed by atoms with Crippen LogP contribution in [0, 0.1) is 0 Å². The van der Waals surface area contributed by atoms with Gasteiger partial charge in [-0.2, -0.15) is 0 Å². The van der Waals surface area contributed by atoms with E-state index in [4.69, 9.17) is 35.9 Å². The lowest BCUT2D eigenvalue weighted by molar-refractivity contribution is -0.128. The van der Waals surface area contributed by atoms with Gasteiger partial charge in [-0.3, -0.25) is 4.79 Å². The van der Waals surface area contributed by atoms with Crippen LogP contribution in [-0.4, -0.2) is 82.4 Å². The van der Waals surface area contributed by atoms with Crippen LogP contribution < -0.4 is 23.7 Å². The minimum atomic E-state index is 0.0842. The SMILES string of the molecule is COc1cc2c(cc1OC)CCCC(C(=O)N1CCN(C(=S)c3cc(OC)c(OC)c(OC)c3)CC1)=C2. The Labute approximate surface area is 223 Å². The van der Waals surface area contributed by atoms with Crippen molar-refractivity contribution in [2.45, 2.75) is 19.3 Å². The highest BCUT2D eigenvalue weighted by atomic mass is 32.1. The number of piperazine rings is 1. The molecule has 1 aliphatic carbocycles. The van der Waals surface area contributed by atoms with E-state index in [0.717, 1.165) is 36.0 Å². The highest BCUT2D eigenvalue weighted by molar-refractivity contribution is 7.80. The first kappa shape index (κ1) is 26.6. The molecule has 0 atom stereocenters. The maximum absolute atomic E-state index is 13.5. The molecule has 4 rings (SSSR count). The topological polar surface area (TPSA) is 69.7 Å². The number of benzene rings is 2. The average Bonchev–Trinajstić information content (AvgIpc) is 3.16. The lowest BCUT2D eigenvalue weighted by Gasteiger charge is -2.36. The van der Waals surface area contributed by atoms with Crippen LogP contribution >= 0.6 is 12.2 Å². The second kappa shape index (κ2) is 11.7. The summed E-state index contributed by atoms with van der Waals surface area (Å²) in [6.45, 7) is 2.49. The summed E-state index contributed by atoms with van der Waals surface area (Å²) >= 11 is 5.81. The quantitative estimate of drug-likeness (QED) is 0.502. The van der Waals surface area contributed by atoms with Gasteiger partial charge in [0.15, 0.2) is 23.0 Å². The highest BCUT2D eigenvalue weighted by Gasteiger charge is 2.27. The van der Waals surface area contributed by atoms with Crippen LogP contribution in [0.15, 0.2) is 29.8 Å². The Hall–Kier alpha value is -3.46. The number of fused-ring (bicyclic) bond motifs is 1. The number of aryl methyl sites for hydroxylation is 1. The summed E-state index contributed by atoms with van der Waals surface area (Å²) < 4.78 is 27.3. The summed E-state index contributed by atoms with van der Waals surface area (Å²) in [6, 6.07) is 7.69. The molecule has 9 heteroatoms. The molecule has 2 aromatic rings. The van der Waals surface area contributed by atoms with Crippen LogP contribution in [0.25, 0.3) is 6.08 Å². The number of amides is 1. The normalized spacial score (nSPS) is 15.2. The molecule has 1 amide bonds. The summed E-state index contributed by atoms with van der Waals surface area (Å²) in [4.78, 5) is 18.2. The van der Waals surface area contributed by atoms with Crippen molar-refractivity contribution < 1.29 is 28.5 Å². The van der Waals surface area contributed by atoms with Crippen LogP contribution in [0.4, 0.5) is 0 Å². The van der Waals surface area contributed by atoms with Crippen molar-refractivity contribution in [2.24, 2.45) is 0 Å². The van der Waals surface area contributed by atoms with E-state index in [0.29, 0.717) is 59.9 Å². The van der Waals surface area contributed by atoms with Gasteiger partial charge in [-0.1, -0.05) is 12.2 Å². The molecule has 1 heterocycles. The first-order valence-corrected chi connectivity index (χ1v) is 12.7. The third kappa shape index (κ3) is 5.46. The summed E-state index contributed by atoms with van der Waals surface area (Å²) in [6.07, 6.45) is 4.55. The lowest BCUT2D eigenvalue weighted by atomic mass is 10.0. The molecule has 2 aliphatic rings. The van der Waals surface area contributed by atoms with E-state index in [-0.39, 0.29) is 5.91 Å². The molecule has 1 fully saturated rings. The van der Waals surface area contributed by atoms with Gasteiger partial charge in [-0.05, 0) is 60.7 Å². The molecular formula is C28H34N2O6S. The Bertz CT molecular complexity index is 1180. The molecule has 1 saturated heterocycles. The second-order valence-electron chi connectivity index (χ2n) is 8.93. The predicted octanol–water partition coefficient (Wildman–Crippen LogP) is 3.97. The number of rotatable bonds is 7. The standard InChI is InChI=1S/C28H34N2O6S/c1-32-22-14-18-7-6-8-19(13-20(18)15-23(22)33-2)27(31)29-9-11-30(12-10-29)28(37)21-16-24(34-3)26(36-5)25(17-21)35-4/h13-17H,6-12H2,1-5H3. The van der Waals surface area contributed by atoms with Gasteiger partial charge < -0.3 is 33.5 Å². The summed E-state index contributed by atoms with van der Waals surface area (Å²) in [5.41, 5.74) is 3.82. The van der Waals surface area contributed by atoms with Crippen LogP contribution in [0.5, 0.6) is 28.7 Å². The van der Waals surface area contributed by atoms with Crippen molar-refractivity contribution in [3.63, 3.8) is 0 Å². The predicted molar refractivity (Wildman–Crippen MR) is 146 cm³/mol. The van der Waals surface area contributed by atoms with E-state index in [1.54, 1.807) is 35.5 Å². The van der Waals surface area contributed by atoms with Gasteiger partial charge in [-0.15, -0.1) is 0 Å². The molecular weight excluding hydrogens is 492 g/mol. The van der Waals surface area contributed by atoms with E-state index in [1.807, 2.05) is 35.2 Å². The molecule has 0 bridgehead atoms. The maximum Gasteiger partial charge on any atom is 0.249 e. The first-order valence-electron chi connectivity index (χ1n) is 12.3. The molecule has 0 spiro atoms. The zero-order valence-corrected chi connectivity index (χ0v) is 22.9. The minimum Gasteiger partial charge on any atom is -0.493 e. The number of thiocarbonyl (C=S) groups is 1. The van der Waals surface area contributed by atoms with Gasteiger partial charge in [0.25, 0.3) is 0 Å². The monoisotopic (exact) mass is 526 g/mol. The molecule has 1 aliphatic heterocycles. The number of hydrogen-bond donors (Lipinski definition) is 0. The van der Waals surface area contributed by atoms with Crippen LogP contribution in [-0.2, 0) is 11.2 Å².